The zero-order valence-electron chi connectivity index (χ0n) is 25.8. The topological polar surface area (TPSA) is 182 Å². The fourth-order valence-corrected chi connectivity index (χ4v) is 4.59. The van der Waals surface area contributed by atoms with Gasteiger partial charge in [-0.2, -0.15) is 13.8 Å². The molecule has 0 atom stereocenters. The highest BCUT2D eigenvalue weighted by Gasteiger charge is 2.29. The maximum absolute atomic E-state index is 16.2. The number of aliphatic carboxylic acids is 1. The number of pyridine rings is 1. The van der Waals surface area contributed by atoms with Crippen molar-refractivity contribution in [3.63, 3.8) is 0 Å². The highest BCUT2D eigenvalue weighted by atomic mass is 19.1. The molecule has 0 amide bonds. The Labute approximate surface area is 272 Å². The molecule has 3 aromatic carbocycles. The molecule has 4 aromatic rings. The largest absolute Gasteiger partial charge is 0.504 e. The lowest BCUT2D eigenvalue weighted by Crippen LogP contribution is -2.23. The van der Waals surface area contributed by atoms with Crippen LogP contribution in [0.2, 0.25) is 0 Å². The van der Waals surface area contributed by atoms with E-state index in [9.17, 15) is 9.90 Å². The zero-order valence-corrected chi connectivity index (χ0v) is 25.8. The normalized spacial score (nSPS) is 12.5. The fourth-order valence-electron chi connectivity index (χ4n) is 4.59. The Kier molecular flexibility index (Phi) is 9.59. The summed E-state index contributed by atoms with van der Waals surface area (Å²) in [6.07, 6.45) is 2.14. The van der Waals surface area contributed by atoms with Crippen LogP contribution in [0.4, 0.5) is 8.78 Å². The van der Waals surface area contributed by atoms with Crippen LogP contribution in [0.3, 0.4) is 0 Å². The number of phenols is 1. The summed E-state index contributed by atoms with van der Waals surface area (Å²) < 4.78 is 60.2. The molecule has 0 fully saturated rings. The van der Waals surface area contributed by atoms with E-state index in [1.165, 1.54) is 56.7 Å². The molecule has 1 aliphatic rings. The number of amidine groups is 2. The van der Waals surface area contributed by atoms with Gasteiger partial charge in [-0.25, -0.2) is 4.79 Å². The number of nitrogen functional groups attached to an aromatic ring is 1. The van der Waals surface area contributed by atoms with Crippen LogP contribution in [0.25, 0.3) is 6.08 Å². The molecule has 1 aliphatic heterocycles. The number of carboxylic acid groups (broad SMARTS) is 1. The molecule has 2 heterocycles. The molecule has 0 bridgehead atoms. The molecule has 5 rings (SSSR count). The van der Waals surface area contributed by atoms with Crippen LogP contribution in [0.5, 0.6) is 52.0 Å². The Bertz CT molecular complexity index is 1940. The van der Waals surface area contributed by atoms with E-state index in [0.717, 1.165) is 12.6 Å². The lowest BCUT2D eigenvalue weighted by Gasteiger charge is -2.18. The van der Waals surface area contributed by atoms with E-state index >= 15 is 8.78 Å². The molecule has 0 radical (unpaired) electrons. The number of hydrogen-bond acceptors (Lipinski definition) is 11. The summed E-state index contributed by atoms with van der Waals surface area (Å²) in [5, 5.41) is 27.1. The first-order chi connectivity index (χ1) is 23.0. The standard InChI is InChI=1S/C33H29F2N5O8/c1-40-12-11-38-31(40)19-5-4-6-20(15-19)46-32-26(34)29(27(35)33(39-32)47-22-16-18(30(36)37)8-9-21(22)41)48-28-23(44-2)13-17(7-10-25(42)43)14-24(28)45-3/h4-10,13-16,41H,11-12H2,1-3H3,(H3,36,37)(H,42,43)/b10-7+. The van der Waals surface area contributed by atoms with Gasteiger partial charge in [0.2, 0.25) is 23.1 Å². The Hall–Kier alpha value is -6.38. The molecule has 15 heteroatoms. The summed E-state index contributed by atoms with van der Waals surface area (Å²) in [4.78, 5) is 21.4. The molecule has 1 aromatic heterocycles. The number of aliphatic imine (C=N–C) groups is 1. The van der Waals surface area contributed by atoms with Crippen molar-refractivity contribution in [3.05, 3.63) is 89.0 Å². The number of rotatable bonds is 12. The predicted molar refractivity (Wildman–Crippen MR) is 170 cm³/mol. The molecular formula is C33H29F2N5O8. The third kappa shape index (κ3) is 7.04. The maximum Gasteiger partial charge on any atom is 0.328 e. The predicted octanol–water partition coefficient (Wildman–Crippen LogP) is 5.53. The number of carboxylic acids is 1. The monoisotopic (exact) mass is 661 g/mol. The number of ether oxygens (including phenoxy) is 5. The van der Waals surface area contributed by atoms with Crippen molar-refractivity contribution < 1.29 is 47.5 Å². The van der Waals surface area contributed by atoms with Gasteiger partial charge in [-0.05, 0) is 54.1 Å². The van der Waals surface area contributed by atoms with Crippen molar-refractivity contribution >= 4 is 23.7 Å². The second-order valence-electron chi connectivity index (χ2n) is 10.2. The summed E-state index contributed by atoms with van der Waals surface area (Å²) in [7, 11) is 4.40. The molecule has 248 valence electrons. The smallest absolute Gasteiger partial charge is 0.328 e. The summed E-state index contributed by atoms with van der Waals surface area (Å²) in [5.41, 5.74) is 6.70. The van der Waals surface area contributed by atoms with Gasteiger partial charge < -0.3 is 44.5 Å². The van der Waals surface area contributed by atoms with Crippen LogP contribution in [0.1, 0.15) is 16.7 Å². The van der Waals surface area contributed by atoms with Gasteiger partial charge in [0.15, 0.2) is 23.0 Å². The number of nitrogens with one attached hydrogen (secondary N) is 1. The number of methoxy groups -OCH3 is 2. The van der Waals surface area contributed by atoms with Crippen molar-refractivity contribution in [2.45, 2.75) is 0 Å². The highest BCUT2D eigenvalue weighted by Crippen LogP contribution is 2.46. The molecule has 0 saturated carbocycles. The minimum Gasteiger partial charge on any atom is -0.504 e. The van der Waals surface area contributed by atoms with Crippen LogP contribution in [-0.2, 0) is 4.79 Å². The van der Waals surface area contributed by atoms with E-state index < -0.39 is 40.9 Å². The number of nitrogens with two attached hydrogens (primary N) is 1. The Morgan fingerprint density at radius 2 is 1.65 bits per heavy atom. The second kappa shape index (κ2) is 13.9. The summed E-state index contributed by atoms with van der Waals surface area (Å²) in [5.74, 6) is -7.47. The van der Waals surface area contributed by atoms with Gasteiger partial charge in [-0.3, -0.25) is 10.4 Å². The van der Waals surface area contributed by atoms with Gasteiger partial charge in [0.25, 0.3) is 11.8 Å². The fraction of sp³-hybridized carbons (Fsp3) is 0.152. The number of aromatic hydroxyl groups is 1. The molecule has 5 N–H and O–H groups in total. The first-order valence-corrected chi connectivity index (χ1v) is 14.1. The van der Waals surface area contributed by atoms with Crippen molar-refractivity contribution in [3.8, 4) is 52.0 Å². The number of likely N-dealkylation sites (N-methyl/N-ethyl adjacent to an activating group) is 1. The molecule has 48 heavy (non-hydrogen) atoms. The van der Waals surface area contributed by atoms with Crippen LogP contribution in [-0.4, -0.2) is 72.1 Å². The number of nitrogens with zero attached hydrogens (tertiary/aromatic N) is 3. The summed E-state index contributed by atoms with van der Waals surface area (Å²) in [6, 6.07) is 13.0. The molecule has 13 nitrogen and oxygen atoms in total. The minimum atomic E-state index is -1.44. The molecule has 0 spiro atoms. The van der Waals surface area contributed by atoms with E-state index in [1.807, 2.05) is 11.9 Å². The average Bonchev–Trinajstić information content (AvgIpc) is 3.50. The first-order valence-electron chi connectivity index (χ1n) is 14.1. The SMILES string of the molecule is COc1cc(/C=C/C(=O)O)cc(OC)c1Oc1c(F)c(Oc2cccc(C3=NCCN3C)c2)nc(Oc2cc(C(=N)N)ccc2O)c1F. The third-order valence-electron chi connectivity index (χ3n) is 6.93. The Morgan fingerprint density at radius 3 is 2.25 bits per heavy atom. The van der Waals surface area contributed by atoms with Crippen molar-refractivity contribution in [2.24, 2.45) is 10.7 Å². The third-order valence-corrected chi connectivity index (χ3v) is 6.93. The van der Waals surface area contributed by atoms with Gasteiger partial charge in [0, 0.05) is 30.8 Å². The number of aromatic nitrogens is 1. The van der Waals surface area contributed by atoms with Gasteiger partial charge in [-0.1, -0.05) is 12.1 Å². The van der Waals surface area contributed by atoms with Gasteiger partial charge >= 0.3 is 5.97 Å². The number of benzene rings is 3. The molecule has 0 unspecified atom stereocenters. The Morgan fingerprint density at radius 1 is 0.958 bits per heavy atom. The average molecular weight is 662 g/mol. The summed E-state index contributed by atoms with van der Waals surface area (Å²) >= 11 is 0. The van der Waals surface area contributed by atoms with E-state index in [4.69, 9.17) is 39.9 Å². The van der Waals surface area contributed by atoms with Crippen LogP contribution >= 0.6 is 0 Å². The van der Waals surface area contributed by atoms with Gasteiger partial charge in [-0.15, -0.1) is 0 Å². The van der Waals surface area contributed by atoms with Crippen molar-refractivity contribution in [1.29, 1.82) is 5.41 Å². The lowest BCUT2D eigenvalue weighted by molar-refractivity contribution is -0.131. The van der Waals surface area contributed by atoms with Crippen LogP contribution in [0, 0.1) is 17.0 Å². The number of hydrogen-bond donors (Lipinski definition) is 4. The van der Waals surface area contributed by atoms with Crippen molar-refractivity contribution in [2.75, 3.05) is 34.4 Å². The van der Waals surface area contributed by atoms with E-state index in [2.05, 4.69) is 9.98 Å². The molecule has 0 aliphatic carbocycles. The number of phenolic OH excluding ortho intramolecular Hbond substituents is 1. The molecular weight excluding hydrogens is 632 g/mol. The van der Waals surface area contributed by atoms with E-state index in [0.29, 0.717) is 23.5 Å². The quantitative estimate of drug-likeness (QED) is 0.0851. The highest BCUT2D eigenvalue weighted by molar-refractivity contribution is 6.00. The lowest BCUT2D eigenvalue weighted by atomic mass is 10.1. The first kappa shape index (κ1) is 33.0. The second-order valence-corrected chi connectivity index (χ2v) is 10.2. The molecule has 0 saturated heterocycles. The number of carbonyl (C=O) groups is 1. The van der Waals surface area contributed by atoms with Gasteiger partial charge in [0.05, 0.1) is 20.8 Å². The van der Waals surface area contributed by atoms with Crippen LogP contribution < -0.4 is 29.4 Å². The maximum atomic E-state index is 16.2. The zero-order chi connectivity index (χ0) is 34.5. The van der Waals surface area contributed by atoms with Crippen molar-refractivity contribution in [1.82, 2.24) is 9.88 Å². The van der Waals surface area contributed by atoms with Crippen LogP contribution in [0.15, 0.2) is 65.7 Å². The Balaban J connectivity index is 1.63. The van der Waals surface area contributed by atoms with Gasteiger partial charge in [0.1, 0.15) is 17.4 Å². The summed E-state index contributed by atoms with van der Waals surface area (Å²) in [6.45, 7) is 1.32. The van der Waals surface area contributed by atoms with E-state index in [-0.39, 0.29) is 40.1 Å². The van der Waals surface area contributed by atoms with E-state index in [1.54, 1.807) is 18.2 Å². The minimum absolute atomic E-state index is 0.0686. The number of halogens is 2.